The first-order valence-electron chi connectivity index (χ1n) is 7.20. The normalized spacial score (nSPS) is 23.4. The van der Waals surface area contributed by atoms with Gasteiger partial charge in [0.1, 0.15) is 0 Å². The second-order valence-corrected chi connectivity index (χ2v) is 7.86. The molecular formula is C13H20N4O3S. The highest BCUT2D eigenvalue weighted by atomic mass is 32.2. The van der Waals surface area contributed by atoms with Gasteiger partial charge in [-0.2, -0.15) is 9.40 Å². The Hall–Kier alpha value is -1.41. The van der Waals surface area contributed by atoms with Crippen LogP contribution in [-0.2, 0) is 21.4 Å². The Balaban J connectivity index is 1.72. The number of fused-ring (bicyclic) bond motifs is 1. The smallest absolute Gasteiger partial charge is 0.222 e. The molecule has 8 heteroatoms. The summed E-state index contributed by atoms with van der Waals surface area (Å²) < 4.78 is 26.7. The average Bonchev–Trinajstić information content (AvgIpc) is 2.81. The monoisotopic (exact) mass is 312 g/mol. The SMILES string of the molecule is CS(=O)(=O)N1Cc2ccnn2C(CC(=O)NC2CCC2)C1. The zero-order valence-corrected chi connectivity index (χ0v) is 12.8. The van der Waals surface area contributed by atoms with Gasteiger partial charge < -0.3 is 5.32 Å². The maximum Gasteiger partial charge on any atom is 0.222 e. The van der Waals surface area contributed by atoms with Crippen LogP contribution in [0.1, 0.15) is 37.4 Å². The van der Waals surface area contributed by atoms with Gasteiger partial charge in [-0.3, -0.25) is 9.48 Å². The van der Waals surface area contributed by atoms with Crippen LogP contribution in [0.3, 0.4) is 0 Å². The molecule has 1 unspecified atom stereocenters. The third-order valence-corrected chi connectivity index (χ3v) is 5.43. The zero-order chi connectivity index (χ0) is 15.0. The van der Waals surface area contributed by atoms with E-state index < -0.39 is 10.0 Å². The Morgan fingerprint density at radius 2 is 2.24 bits per heavy atom. The van der Waals surface area contributed by atoms with Crippen molar-refractivity contribution in [3.63, 3.8) is 0 Å². The topological polar surface area (TPSA) is 84.3 Å². The predicted octanol–water partition coefficient (Wildman–Crippen LogP) is 0.258. The molecule has 0 saturated heterocycles. The Kier molecular flexibility index (Phi) is 3.75. The molecule has 1 atom stereocenters. The van der Waals surface area contributed by atoms with E-state index in [0.29, 0.717) is 19.1 Å². The van der Waals surface area contributed by atoms with Gasteiger partial charge in [-0.15, -0.1) is 0 Å². The summed E-state index contributed by atoms with van der Waals surface area (Å²) in [6.45, 7) is 0.616. The van der Waals surface area contributed by atoms with E-state index in [9.17, 15) is 13.2 Å². The number of carbonyl (C=O) groups is 1. The number of carbonyl (C=O) groups excluding carboxylic acids is 1. The van der Waals surface area contributed by atoms with Crippen LogP contribution in [0.2, 0.25) is 0 Å². The molecule has 116 valence electrons. The van der Waals surface area contributed by atoms with Crippen LogP contribution < -0.4 is 5.32 Å². The molecule has 7 nitrogen and oxygen atoms in total. The minimum atomic E-state index is -3.27. The van der Waals surface area contributed by atoms with E-state index >= 15 is 0 Å². The summed E-state index contributed by atoms with van der Waals surface area (Å²) in [5.41, 5.74) is 0.827. The molecular weight excluding hydrogens is 292 g/mol. The number of aromatic nitrogens is 2. The highest BCUT2D eigenvalue weighted by molar-refractivity contribution is 7.88. The van der Waals surface area contributed by atoms with Crippen molar-refractivity contribution in [1.29, 1.82) is 0 Å². The number of hydrogen-bond acceptors (Lipinski definition) is 4. The van der Waals surface area contributed by atoms with Crippen molar-refractivity contribution < 1.29 is 13.2 Å². The van der Waals surface area contributed by atoms with Gasteiger partial charge in [-0.25, -0.2) is 8.42 Å². The van der Waals surface area contributed by atoms with Gasteiger partial charge in [-0.05, 0) is 25.3 Å². The number of nitrogens with one attached hydrogen (secondary N) is 1. The molecule has 0 radical (unpaired) electrons. The van der Waals surface area contributed by atoms with Crippen molar-refractivity contribution >= 4 is 15.9 Å². The summed E-state index contributed by atoms with van der Waals surface area (Å²) in [6, 6.07) is 1.86. The summed E-state index contributed by atoms with van der Waals surface area (Å²) in [5, 5.41) is 7.23. The molecule has 1 aromatic heterocycles. The summed E-state index contributed by atoms with van der Waals surface area (Å²) in [4.78, 5) is 12.1. The van der Waals surface area contributed by atoms with Gasteiger partial charge in [-0.1, -0.05) is 0 Å². The Bertz CT molecular complexity index is 636. The first-order chi connectivity index (χ1) is 9.93. The van der Waals surface area contributed by atoms with Crippen molar-refractivity contribution in [3.05, 3.63) is 18.0 Å². The molecule has 0 spiro atoms. The van der Waals surface area contributed by atoms with Crippen molar-refractivity contribution in [1.82, 2.24) is 19.4 Å². The second kappa shape index (κ2) is 5.42. The lowest BCUT2D eigenvalue weighted by atomic mass is 9.93. The summed E-state index contributed by atoms with van der Waals surface area (Å²) in [7, 11) is -3.27. The number of hydrogen-bond donors (Lipinski definition) is 1. The molecule has 1 aromatic rings. The van der Waals surface area contributed by atoms with Crippen molar-refractivity contribution in [2.24, 2.45) is 0 Å². The van der Waals surface area contributed by atoms with Crippen LogP contribution in [0.25, 0.3) is 0 Å². The van der Waals surface area contributed by atoms with Gasteiger partial charge in [0, 0.05) is 18.8 Å². The standard InChI is InChI=1S/C13H20N4O3S/c1-21(19,20)16-8-11-5-6-14-17(11)12(9-16)7-13(18)15-10-3-2-4-10/h5-6,10,12H,2-4,7-9H2,1H3,(H,15,18). The van der Waals surface area contributed by atoms with Crippen molar-refractivity contribution in [2.75, 3.05) is 12.8 Å². The van der Waals surface area contributed by atoms with E-state index in [1.807, 2.05) is 0 Å². The van der Waals surface area contributed by atoms with Gasteiger partial charge in [0.2, 0.25) is 15.9 Å². The summed E-state index contributed by atoms with van der Waals surface area (Å²) in [5.74, 6) is -0.0264. The fourth-order valence-corrected chi connectivity index (χ4v) is 3.62. The molecule has 0 aromatic carbocycles. The molecule has 1 N–H and O–H groups in total. The minimum Gasteiger partial charge on any atom is -0.353 e. The largest absolute Gasteiger partial charge is 0.353 e. The lowest BCUT2D eigenvalue weighted by molar-refractivity contribution is -0.123. The van der Waals surface area contributed by atoms with Gasteiger partial charge >= 0.3 is 0 Å². The zero-order valence-electron chi connectivity index (χ0n) is 12.0. The third kappa shape index (κ3) is 3.11. The highest BCUT2D eigenvalue weighted by Crippen LogP contribution is 2.25. The fourth-order valence-electron chi connectivity index (χ4n) is 2.81. The Morgan fingerprint density at radius 3 is 2.86 bits per heavy atom. The first kappa shape index (κ1) is 14.5. The van der Waals surface area contributed by atoms with Crippen LogP contribution in [0, 0.1) is 0 Å². The molecule has 21 heavy (non-hydrogen) atoms. The maximum absolute atomic E-state index is 12.1. The van der Waals surface area contributed by atoms with E-state index in [1.165, 1.54) is 17.0 Å². The van der Waals surface area contributed by atoms with Crippen LogP contribution in [0.4, 0.5) is 0 Å². The molecule has 1 amide bonds. The molecule has 3 rings (SSSR count). The average molecular weight is 312 g/mol. The summed E-state index contributed by atoms with van der Waals surface area (Å²) >= 11 is 0. The lowest BCUT2D eigenvalue weighted by Gasteiger charge is -2.33. The number of rotatable bonds is 4. The Morgan fingerprint density at radius 1 is 1.48 bits per heavy atom. The fraction of sp³-hybridized carbons (Fsp3) is 0.692. The van der Waals surface area contributed by atoms with Gasteiger partial charge in [0.05, 0.1) is 31.0 Å². The van der Waals surface area contributed by atoms with Gasteiger partial charge in [0.15, 0.2) is 0 Å². The third-order valence-electron chi connectivity index (χ3n) is 4.21. The molecule has 2 heterocycles. The molecule has 1 fully saturated rings. The molecule has 0 bridgehead atoms. The summed E-state index contributed by atoms with van der Waals surface area (Å²) in [6.07, 6.45) is 6.36. The van der Waals surface area contributed by atoms with Crippen molar-refractivity contribution in [3.8, 4) is 0 Å². The van der Waals surface area contributed by atoms with Crippen LogP contribution in [-0.4, -0.2) is 47.3 Å². The lowest BCUT2D eigenvalue weighted by Crippen LogP contribution is -2.44. The molecule has 1 aliphatic carbocycles. The van der Waals surface area contributed by atoms with E-state index in [1.54, 1.807) is 16.9 Å². The van der Waals surface area contributed by atoms with Gasteiger partial charge in [0.25, 0.3) is 0 Å². The van der Waals surface area contributed by atoms with E-state index in [-0.39, 0.29) is 18.4 Å². The number of amides is 1. The molecule has 1 aliphatic heterocycles. The first-order valence-corrected chi connectivity index (χ1v) is 9.05. The Labute approximate surface area is 124 Å². The number of sulfonamides is 1. The van der Waals surface area contributed by atoms with E-state index in [2.05, 4.69) is 10.4 Å². The van der Waals surface area contributed by atoms with E-state index in [0.717, 1.165) is 18.5 Å². The second-order valence-electron chi connectivity index (χ2n) is 5.88. The quantitative estimate of drug-likeness (QED) is 0.864. The number of nitrogens with zero attached hydrogens (tertiary/aromatic N) is 3. The molecule has 1 saturated carbocycles. The van der Waals surface area contributed by atoms with Crippen LogP contribution in [0.15, 0.2) is 12.3 Å². The van der Waals surface area contributed by atoms with Crippen LogP contribution >= 0.6 is 0 Å². The highest BCUT2D eigenvalue weighted by Gasteiger charge is 2.32. The van der Waals surface area contributed by atoms with Crippen molar-refractivity contribution in [2.45, 2.75) is 44.3 Å². The van der Waals surface area contributed by atoms with E-state index in [4.69, 9.17) is 0 Å². The van der Waals surface area contributed by atoms with Crippen LogP contribution in [0.5, 0.6) is 0 Å². The molecule has 2 aliphatic rings. The minimum absolute atomic E-state index is 0.0264. The maximum atomic E-state index is 12.1. The predicted molar refractivity (Wildman–Crippen MR) is 76.9 cm³/mol.